The van der Waals surface area contributed by atoms with Gasteiger partial charge in [0.25, 0.3) is 0 Å². The van der Waals surface area contributed by atoms with Crippen LogP contribution in [0.15, 0.2) is 24.3 Å². The predicted octanol–water partition coefficient (Wildman–Crippen LogP) is 2.71. The molecule has 0 aromatic heterocycles. The number of nitrogens with zero attached hydrogens (tertiary/aromatic N) is 1. The molecule has 1 saturated heterocycles. The quantitative estimate of drug-likeness (QED) is 0.856. The highest BCUT2D eigenvalue weighted by Crippen LogP contribution is 2.24. The second kappa shape index (κ2) is 5.93. The first kappa shape index (κ1) is 14.4. The molecular weight excluding hydrogens is 236 g/mol. The third-order valence-corrected chi connectivity index (χ3v) is 3.68. The lowest BCUT2D eigenvalue weighted by atomic mass is 10.1. The number of anilines is 1. The van der Waals surface area contributed by atoms with Gasteiger partial charge >= 0.3 is 0 Å². The molecule has 3 heteroatoms. The monoisotopic (exact) mass is 262 g/mol. The first-order valence-corrected chi connectivity index (χ1v) is 7.26. The Balaban J connectivity index is 2.01. The van der Waals surface area contributed by atoms with Crippen LogP contribution in [0.3, 0.4) is 0 Å². The molecule has 1 unspecified atom stereocenters. The molecule has 0 radical (unpaired) electrons. The number of aliphatic hydroxyl groups is 1. The Morgan fingerprint density at radius 3 is 2.63 bits per heavy atom. The predicted molar refractivity (Wildman–Crippen MR) is 80.6 cm³/mol. The van der Waals surface area contributed by atoms with Crippen molar-refractivity contribution in [1.29, 1.82) is 0 Å². The molecule has 1 aliphatic rings. The van der Waals surface area contributed by atoms with Gasteiger partial charge < -0.3 is 15.3 Å². The molecule has 0 bridgehead atoms. The minimum Gasteiger partial charge on any atom is -0.389 e. The fourth-order valence-corrected chi connectivity index (χ4v) is 2.49. The molecule has 1 aliphatic heterocycles. The van der Waals surface area contributed by atoms with Crippen molar-refractivity contribution in [1.82, 2.24) is 5.32 Å². The van der Waals surface area contributed by atoms with Gasteiger partial charge in [0.15, 0.2) is 0 Å². The second-order valence-corrected chi connectivity index (χ2v) is 6.20. The Bertz CT molecular complexity index is 405. The van der Waals surface area contributed by atoms with Gasteiger partial charge in [0.05, 0.1) is 5.60 Å². The van der Waals surface area contributed by atoms with Gasteiger partial charge in [-0.3, -0.25) is 0 Å². The Labute approximate surface area is 116 Å². The Morgan fingerprint density at radius 1 is 1.32 bits per heavy atom. The third-order valence-electron chi connectivity index (χ3n) is 3.68. The molecule has 1 aromatic carbocycles. The van der Waals surface area contributed by atoms with Crippen LogP contribution in [0.25, 0.3) is 0 Å². The molecule has 1 fully saturated rings. The largest absolute Gasteiger partial charge is 0.389 e. The van der Waals surface area contributed by atoms with Crippen molar-refractivity contribution < 1.29 is 5.11 Å². The van der Waals surface area contributed by atoms with Crippen LogP contribution >= 0.6 is 0 Å². The lowest BCUT2D eigenvalue weighted by Crippen LogP contribution is -2.36. The van der Waals surface area contributed by atoms with Gasteiger partial charge in [-0.05, 0) is 51.3 Å². The molecule has 19 heavy (non-hydrogen) atoms. The van der Waals surface area contributed by atoms with Crippen LogP contribution in [-0.2, 0) is 0 Å². The lowest BCUT2D eigenvalue weighted by Gasteiger charge is -2.23. The summed E-state index contributed by atoms with van der Waals surface area (Å²) in [6, 6.07) is 9.01. The average molecular weight is 262 g/mol. The van der Waals surface area contributed by atoms with Crippen molar-refractivity contribution >= 4 is 5.69 Å². The third kappa shape index (κ3) is 4.22. The highest BCUT2D eigenvalue weighted by Gasteiger charge is 2.16. The average Bonchev–Trinajstić information content (AvgIpc) is 2.89. The number of hydrogen-bond donors (Lipinski definition) is 2. The highest BCUT2D eigenvalue weighted by molar-refractivity contribution is 5.49. The first-order chi connectivity index (χ1) is 8.96. The fraction of sp³-hybridized carbons (Fsp3) is 0.625. The molecule has 1 atom stereocenters. The van der Waals surface area contributed by atoms with E-state index in [2.05, 4.69) is 41.4 Å². The van der Waals surface area contributed by atoms with Gasteiger partial charge in [0.1, 0.15) is 0 Å². The maximum atomic E-state index is 9.77. The van der Waals surface area contributed by atoms with Crippen molar-refractivity contribution in [3.05, 3.63) is 29.8 Å². The summed E-state index contributed by atoms with van der Waals surface area (Å²) in [7, 11) is 0. The maximum Gasteiger partial charge on any atom is 0.0715 e. The normalized spacial score (nSPS) is 17.8. The number of hydrogen-bond acceptors (Lipinski definition) is 3. The molecule has 0 aliphatic carbocycles. The topological polar surface area (TPSA) is 35.5 Å². The van der Waals surface area contributed by atoms with E-state index in [4.69, 9.17) is 0 Å². The van der Waals surface area contributed by atoms with Crippen molar-refractivity contribution in [2.45, 2.75) is 45.3 Å². The van der Waals surface area contributed by atoms with E-state index in [-0.39, 0.29) is 6.04 Å². The molecular formula is C16H26N2O. The van der Waals surface area contributed by atoms with Crippen LogP contribution in [0.2, 0.25) is 0 Å². The Kier molecular flexibility index (Phi) is 4.48. The van der Waals surface area contributed by atoms with Crippen molar-refractivity contribution in [2.75, 3.05) is 24.5 Å². The van der Waals surface area contributed by atoms with Gasteiger partial charge in [-0.1, -0.05) is 12.1 Å². The standard InChI is InChI=1S/C16H26N2O/c1-13(17-12-16(2,3)19)14-7-6-8-15(11-14)18-9-4-5-10-18/h6-8,11,13,17,19H,4-5,9-10,12H2,1-3H3. The molecule has 0 spiro atoms. The minimum atomic E-state index is -0.666. The second-order valence-electron chi connectivity index (χ2n) is 6.20. The highest BCUT2D eigenvalue weighted by atomic mass is 16.3. The Hall–Kier alpha value is -1.06. The van der Waals surface area contributed by atoms with Crippen molar-refractivity contribution in [3.8, 4) is 0 Å². The van der Waals surface area contributed by atoms with Gasteiger partial charge in [-0.15, -0.1) is 0 Å². The van der Waals surface area contributed by atoms with E-state index in [1.54, 1.807) is 0 Å². The van der Waals surface area contributed by atoms with Gasteiger partial charge in [0, 0.05) is 31.4 Å². The van der Waals surface area contributed by atoms with Crippen molar-refractivity contribution in [3.63, 3.8) is 0 Å². The summed E-state index contributed by atoms with van der Waals surface area (Å²) in [6.45, 7) is 8.75. The van der Waals surface area contributed by atoms with Crippen LogP contribution in [0.4, 0.5) is 5.69 Å². The number of nitrogens with one attached hydrogen (secondary N) is 1. The zero-order valence-electron chi connectivity index (χ0n) is 12.3. The smallest absolute Gasteiger partial charge is 0.0715 e. The first-order valence-electron chi connectivity index (χ1n) is 7.26. The molecule has 0 saturated carbocycles. The Morgan fingerprint density at radius 2 is 2.00 bits per heavy atom. The van der Waals surface area contributed by atoms with E-state index in [0.29, 0.717) is 6.54 Å². The van der Waals surface area contributed by atoms with Crippen LogP contribution in [-0.4, -0.2) is 30.3 Å². The summed E-state index contributed by atoms with van der Waals surface area (Å²) >= 11 is 0. The summed E-state index contributed by atoms with van der Waals surface area (Å²) in [4.78, 5) is 2.45. The van der Waals surface area contributed by atoms with Crippen molar-refractivity contribution in [2.24, 2.45) is 0 Å². The van der Waals surface area contributed by atoms with E-state index in [9.17, 15) is 5.11 Å². The van der Waals surface area contributed by atoms with E-state index in [1.807, 2.05) is 13.8 Å². The van der Waals surface area contributed by atoms with Crippen LogP contribution in [0, 0.1) is 0 Å². The summed E-state index contributed by atoms with van der Waals surface area (Å²) in [5.41, 5.74) is 1.95. The summed E-state index contributed by atoms with van der Waals surface area (Å²) in [5.74, 6) is 0. The van der Waals surface area contributed by atoms with Crippen LogP contribution in [0.1, 0.15) is 45.2 Å². The SMILES string of the molecule is CC(NCC(C)(C)O)c1cccc(N2CCCC2)c1. The van der Waals surface area contributed by atoms with Crippen LogP contribution < -0.4 is 10.2 Å². The van der Waals surface area contributed by atoms with Crippen LogP contribution in [0.5, 0.6) is 0 Å². The van der Waals surface area contributed by atoms with E-state index >= 15 is 0 Å². The molecule has 0 amide bonds. The molecule has 2 rings (SSSR count). The summed E-state index contributed by atoms with van der Waals surface area (Å²) < 4.78 is 0. The lowest BCUT2D eigenvalue weighted by molar-refractivity contribution is 0.0770. The van der Waals surface area contributed by atoms with E-state index < -0.39 is 5.60 Å². The number of benzene rings is 1. The minimum absolute atomic E-state index is 0.258. The maximum absolute atomic E-state index is 9.77. The summed E-state index contributed by atoms with van der Waals surface area (Å²) in [6.07, 6.45) is 2.60. The molecule has 106 valence electrons. The van der Waals surface area contributed by atoms with Gasteiger partial charge in [0.2, 0.25) is 0 Å². The van der Waals surface area contributed by atoms with Gasteiger partial charge in [-0.2, -0.15) is 0 Å². The summed E-state index contributed by atoms with van der Waals surface area (Å²) in [5, 5.41) is 13.2. The fourth-order valence-electron chi connectivity index (χ4n) is 2.49. The van der Waals surface area contributed by atoms with E-state index in [0.717, 1.165) is 0 Å². The molecule has 1 aromatic rings. The number of rotatable bonds is 5. The zero-order valence-corrected chi connectivity index (χ0v) is 12.3. The molecule has 3 nitrogen and oxygen atoms in total. The molecule has 2 N–H and O–H groups in total. The molecule has 1 heterocycles. The van der Waals surface area contributed by atoms with E-state index in [1.165, 1.54) is 37.2 Å². The van der Waals surface area contributed by atoms with Gasteiger partial charge in [-0.25, -0.2) is 0 Å². The zero-order chi connectivity index (χ0) is 13.9.